The SMILES string of the molecule is CCOC(=O)c1c(C)oc2ncn(Cc3nnc(-c4ccccc4Br)o3)c(=O)c12. The lowest BCUT2D eigenvalue weighted by molar-refractivity contribution is 0.0526. The van der Waals surface area contributed by atoms with Crippen molar-refractivity contribution < 1.29 is 18.4 Å². The molecular formula is C19H15BrN4O5. The second kappa shape index (κ2) is 7.63. The fourth-order valence-electron chi connectivity index (χ4n) is 2.91. The Kier molecular flexibility index (Phi) is 5.01. The fraction of sp³-hybridized carbons (Fsp3) is 0.211. The minimum atomic E-state index is -0.630. The average Bonchev–Trinajstić information content (AvgIpc) is 3.29. The highest BCUT2D eigenvalue weighted by Crippen LogP contribution is 2.27. The molecule has 0 atom stereocenters. The maximum atomic E-state index is 13.0. The molecule has 9 nitrogen and oxygen atoms in total. The van der Waals surface area contributed by atoms with Gasteiger partial charge in [-0.15, -0.1) is 10.2 Å². The van der Waals surface area contributed by atoms with Crippen molar-refractivity contribution in [2.45, 2.75) is 20.4 Å². The summed E-state index contributed by atoms with van der Waals surface area (Å²) in [5, 5.41) is 8.10. The summed E-state index contributed by atoms with van der Waals surface area (Å²) in [5.41, 5.74) is 0.428. The van der Waals surface area contributed by atoms with Gasteiger partial charge in [-0.25, -0.2) is 9.78 Å². The van der Waals surface area contributed by atoms with Gasteiger partial charge in [0.2, 0.25) is 17.5 Å². The second-order valence-electron chi connectivity index (χ2n) is 6.09. The van der Waals surface area contributed by atoms with Crippen molar-refractivity contribution in [3.63, 3.8) is 0 Å². The van der Waals surface area contributed by atoms with Gasteiger partial charge in [0.1, 0.15) is 29.6 Å². The summed E-state index contributed by atoms with van der Waals surface area (Å²) in [7, 11) is 0. The number of nitrogens with zero attached hydrogens (tertiary/aromatic N) is 4. The molecule has 0 spiro atoms. The number of benzene rings is 1. The maximum absolute atomic E-state index is 13.0. The lowest BCUT2D eigenvalue weighted by Gasteiger charge is -2.03. The first-order valence-electron chi connectivity index (χ1n) is 8.72. The van der Waals surface area contributed by atoms with E-state index in [0.29, 0.717) is 5.89 Å². The average molecular weight is 459 g/mol. The van der Waals surface area contributed by atoms with Crippen molar-refractivity contribution in [3.8, 4) is 11.5 Å². The van der Waals surface area contributed by atoms with Gasteiger partial charge in [-0.05, 0) is 41.9 Å². The van der Waals surface area contributed by atoms with Crippen LogP contribution >= 0.6 is 15.9 Å². The lowest BCUT2D eigenvalue weighted by atomic mass is 10.2. The van der Waals surface area contributed by atoms with Crippen LogP contribution in [-0.2, 0) is 11.3 Å². The van der Waals surface area contributed by atoms with E-state index in [2.05, 4.69) is 31.1 Å². The molecule has 3 heterocycles. The third-order valence-corrected chi connectivity index (χ3v) is 4.90. The molecule has 0 unspecified atom stereocenters. The summed E-state index contributed by atoms with van der Waals surface area (Å²) in [4.78, 5) is 29.3. The van der Waals surface area contributed by atoms with Crippen molar-refractivity contribution in [3.05, 3.63) is 62.6 Å². The van der Waals surface area contributed by atoms with E-state index < -0.39 is 11.5 Å². The first kappa shape index (κ1) is 19.1. The lowest BCUT2D eigenvalue weighted by Crippen LogP contribution is -2.22. The molecule has 0 fully saturated rings. The number of furan rings is 1. The molecule has 0 aliphatic carbocycles. The number of esters is 1. The molecule has 0 radical (unpaired) electrons. The minimum Gasteiger partial charge on any atom is -0.462 e. The van der Waals surface area contributed by atoms with Gasteiger partial charge in [-0.2, -0.15) is 0 Å². The van der Waals surface area contributed by atoms with Gasteiger partial charge in [-0.3, -0.25) is 9.36 Å². The van der Waals surface area contributed by atoms with Crippen LogP contribution in [0.1, 0.15) is 28.9 Å². The number of carbonyl (C=O) groups is 1. The van der Waals surface area contributed by atoms with Crippen LogP contribution < -0.4 is 5.56 Å². The van der Waals surface area contributed by atoms with Gasteiger partial charge in [0.25, 0.3) is 5.56 Å². The van der Waals surface area contributed by atoms with Crippen LogP contribution in [0.3, 0.4) is 0 Å². The first-order chi connectivity index (χ1) is 14.0. The van der Waals surface area contributed by atoms with E-state index in [1.807, 2.05) is 24.3 Å². The topological polar surface area (TPSA) is 113 Å². The van der Waals surface area contributed by atoms with Gasteiger partial charge in [0.15, 0.2) is 0 Å². The molecule has 148 valence electrons. The summed E-state index contributed by atoms with van der Waals surface area (Å²) < 4.78 is 18.2. The largest absolute Gasteiger partial charge is 0.462 e. The van der Waals surface area contributed by atoms with E-state index in [1.165, 1.54) is 10.9 Å². The monoisotopic (exact) mass is 458 g/mol. The molecule has 0 amide bonds. The van der Waals surface area contributed by atoms with E-state index in [1.54, 1.807) is 13.8 Å². The number of fused-ring (bicyclic) bond motifs is 1. The Hall–Kier alpha value is -3.27. The highest BCUT2D eigenvalue weighted by atomic mass is 79.9. The van der Waals surface area contributed by atoms with E-state index in [9.17, 15) is 9.59 Å². The maximum Gasteiger partial charge on any atom is 0.342 e. The molecule has 0 aliphatic rings. The molecule has 0 bridgehead atoms. The number of halogens is 1. The van der Waals surface area contributed by atoms with Crippen LogP contribution in [0.2, 0.25) is 0 Å². The summed E-state index contributed by atoms with van der Waals surface area (Å²) >= 11 is 3.44. The van der Waals surface area contributed by atoms with Crippen LogP contribution in [0.5, 0.6) is 0 Å². The number of aromatic nitrogens is 4. The van der Waals surface area contributed by atoms with Crippen molar-refractivity contribution >= 4 is 33.0 Å². The molecule has 1 aromatic carbocycles. The number of ether oxygens (including phenoxy) is 1. The van der Waals surface area contributed by atoms with Gasteiger partial charge in [-0.1, -0.05) is 12.1 Å². The number of hydrogen-bond acceptors (Lipinski definition) is 8. The molecule has 4 rings (SSSR count). The van der Waals surface area contributed by atoms with Gasteiger partial charge in [0.05, 0.1) is 12.2 Å². The molecule has 3 aromatic heterocycles. The molecule has 0 N–H and O–H groups in total. The summed E-state index contributed by atoms with van der Waals surface area (Å²) in [6, 6.07) is 7.42. The predicted octanol–water partition coefficient (Wildman–Crippen LogP) is 3.34. The van der Waals surface area contributed by atoms with E-state index >= 15 is 0 Å². The Morgan fingerprint density at radius 1 is 1.24 bits per heavy atom. The Labute approximate surface area is 172 Å². The Morgan fingerprint density at radius 2 is 2.03 bits per heavy atom. The summed E-state index contributed by atoms with van der Waals surface area (Å²) in [6.45, 7) is 3.44. The smallest absolute Gasteiger partial charge is 0.342 e. The zero-order valence-electron chi connectivity index (χ0n) is 15.5. The Bertz CT molecular complexity index is 1270. The first-order valence-corrected chi connectivity index (χ1v) is 9.51. The number of rotatable bonds is 5. The molecule has 0 aliphatic heterocycles. The normalized spacial score (nSPS) is 11.1. The Balaban J connectivity index is 1.72. The third kappa shape index (κ3) is 3.46. The molecule has 29 heavy (non-hydrogen) atoms. The Morgan fingerprint density at radius 3 is 2.79 bits per heavy atom. The second-order valence-corrected chi connectivity index (χ2v) is 6.95. The van der Waals surface area contributed by atoms with E-state index in [0.717, 1.165) is 10.0 Å². The third-order valence-electron chi connectivity index (χ3n) is 4.21. The van der Waals surface area contributed by atoms with Crippen LogP contribution in [0.15, 0.2) is 48.7 Å². The van der Waals surface area contributed by atoms with Crippen LogP contribution in [0, 0.1) is 6.92 Å². The van der Waals surface area contributed by atoms with Crippen molar-refractivity contribution in [1.29, 1.82) is 0 Å². The molecule has 0 saturated carbocycles. The zero-order valence-corrected chi connectivity index (χ0v) is 17.1. The van der Waals surface area contributed by atoms with Crippen LogP contribution in [0.25, 0.3) is 22.6 Å². The van der Waals surface area contributed by atoms with Crippen LogP contribution in [-0.4, -0.2) is 32.3 Å². The molecule has 10 heteroatoms. The summed E-state index contributed by atoms with van der Waals surface area (Å²) in [5.74, 6) is 0.182. The number of aryl methyl sites for hydroxylation is 1. The quantitative estimate of drug-likeness (QED) is 0.418. The fourth-order valence-corrected chi connectivity index (χ4v) is 3.36. The van der Waals surface area contributed by atoms with Crippen LogP contribution in [0.4, 0.5) is 0 Å². The van der Waals surface area contributed by atoms with Gasteiger partial charge in [0, 0.05) is 4.47 Å². The van der Waals surface area contributed by atoms with Crippen molar-refractivity contribution in [2.24, 2.45) is 0 Å². The van der Waals surface area contributed by atoms with Crippen molar-refractivity contribution in [1.82, 2.24) is 19.7 Å². The molecule has 0 saturated heterocycles. The molecular weight excluding hydrogens is 444 g/mol. The molecule has 4 aromatic rings. The number of hydrogen-bond donors (Lipinski definition) is 0. The standard InChI is InChI=1S/C19H15BrN4O5/c1-3-27-19(26)14-10(2)28-17-15(14)18(25)24(9-21-17)8-13-22-23-16(29-13)11-6-4-5-7-12(11)20/h4-7,9H,3,8H2,1-2H3. The van der Waals surface area contributed by atoms with E-state index in [-0.39, 0.29) is 41.5 Å². The highest BCUT2D eigenvalue weighted by Gasteiger charge is 2.24. The number of carbonyl (C=O) groups excluding carboxylic acids is 1. The minimum absolute atomic E-state index is 0.00822. The predicted molar refractivity (Wildman–Crippen MR) is 105 cm³/mol. The van der Waals surface area contributed by atoms with Gasteiger partial charge >= 0.3 is 5.97 Å². The highest BCUT2D eigenvalue weighted by molar-refractivity contribution is 9.10. The van der Waals surface area contributed by atoms with Crippen molar-refractivity contribution in [2.75, 3.05) is 6.61 Å². The van der Waals surface area contributed by atoms with Gasteiger partial charge < -0.3 is 13.6 Å². The summed E-state index contributed by atoms with van der Waals surface area (Å²) in [6.07, 6.45) is 1.31. The van der Waals surface area contributed by atoms with E-state index in [4.69, 9.17) is 13.6 Å². The zero-order chi connectivity index (χ0) is 20.5.